The van der Waals surface area contributed by atoms with Crippen LogP contribution in [0.1, 0.15) is 110 Å². The summed E-state index contributed by atoms with van der Waals surface area (Å²) in [4.78, 5) is 0. The van der Waals surface area contributed by atoms with Gasteiger partial charge in [-0.05, 0) is 6.42 Å². The van der Waals surface area contributed by atoms with Crippen LogP contribution < -0.4 is 0 Å². The molecule has 0 amide bonds. The summed E-state index contributed by atoms with van der Waals surface area (Å²) in [6.07, 6.45) is 22.6. The molecule has 1 atom stereocenters. The molecule has 0 heterocycles. The van der Waals surface area contributed by atoms with Crippen LogP contribution in [0.5, 0.6) is 0 Å². The minimum Gasteiger partial charge on any atom is -0.316 e. The van der Waals surface area contributed by atoms with Crippen molar-refractivity contribution in [2.24, 2.45) is 0 Å². The molecule has 0 fully saturated rings. The maximum Gasteiger partial charge on any atom is 0.164 e. The van der Waals surface area contributed by atoms with E-state index in [1.807, 2.05) is 0 Å². The third kappa shape index (κ3) is 16.9. The fraction of sp³-hybridized carbons (Fsp3) is 1.00. The molecule has 0 aliphatic rings. The number of hydrogen-bond acceptors (Lipinski definition) is 0. The summed E-state index contributed by atoms with van der Waals surface area (Å²) in [5, 5.41) is 0. The van der Waals surface area contributed by atoms with Crippen LogP contribution in [0.4, 0.5) is 0 Å². The zero-order chi connectivity index (χ0) is 17.4. The van der Waals surface area contributed by atoms with Gasteiger partial charge in [0.15, 0.2) is 5.50 Å². The van der Waals surface area contributed by atoms with Crippen LogP contribution in [0.25, 0.3) is 0 Å². The van der Waals surface area contributed by atoms with E-state index < -0.39 is 0 Å². The predicted molar refractivity (Wildman–Crippen MR) is 107 cm³/mol. The van der Waals surface area contributed by atoms with Gasteiger partial charge in [0.25, 0.3) is 0 Å². The average Bonchev–Trinajstić information content (AvgIpc) is 2.50. The molecule has 0 radical (unpaired) electrons. The largest absolute Gasteiger partial charge is 0.316 e. The van der Waals surface area contributed by atoms with Gasteiger partial charge < -0.3 is 4.48 Å². The van der Waals surface area contributed by atoms with Crippen LogP contribution >= 0.6 is 11.6 Å². The summed E-state index contributed by atoms with van der Waals surface area (Å²) in [6.45, 7) is 2.29. The number of alkyl halides is 1. The van der Waals surface area contributed by atoms with E-state index in [2.05, 4.69) is 28.1 Å². The highest BCUT2D eigenvalue weighted by molar-refractivity contribution is 6.19. The number of hydrogen-bond donors (Lipinski definition) is 0. The van der Waals surface area contributed by atoms with Gasteiger partial charge in [0.05, 0.1) is 21.1 Å². The summed E-state index contributed by atoms with van der Waals surface area (Å²) in [5.74, 6) is 0. The maximum atomic E-state index is 6.39. The molecule has 1 unspecified atom stereocenters. The van der Waals surface area contributed by atoms with E-state index >= 15 is 0 Å². The average molecular weight is 347 g/mol. The van der Waals surface area contributed by atoms with Crippen molar-refractivity contribution in [3.05, 3.63) is 0 Å². The van der Waals surface area contributed by atoms with Crippen molar-refractivity contribution in [2.45, 2.75) is 115 Å². The molecule has 0 aromatic carbocycles. The monoisotopic (exact) mass is 346 g/mol. The van der Waals surface area contributed by atoms with Crippen molar-refractivity contribution in [2.75, 3.05) is 21.1 Å². The summed E-state index contributed by atoms with van der Waals surface area (Å²) in [5.41, 5.74) is 0.275. The Kier molecular flexibility index (Phi) is 15.9. The van der Waals surface area contributed by atoms with Gasteiger partial charge in [0.2, 0.25) is 0 Å². The van der Waals surface area contributed by atoms with E-state index in [0.717, 1.165) is 10.9 Å². The Morgan fingerprint density at radius 2 is 0.870 bits per heavy atom. The highest BCUT2D eigenvalue weighted by atomic mass is 35.5. The predicted octanol–water partition coefficient (Wildman–Crippen LogP) is 7.52. The number of rotatable bonds is 17. The van der Waals surface area contributed by atoms with Gasteiger partial charge in [-0.3, -0.25) is 0 Å². The minimum atomic E-state index is 0.275. The summed E-state index contributed by atoms with van der Waals surface area (Å²) < 4.78 is 0.875. The van der Waals surface area contributed by atoms with Crippen molar-refractivity contribution in [1.29, 1.82) is 0 Å². The summed E-state index contributed by atoms with van der Waals surface area (Å²) >= 11 is 6.39. The number of unbranched alkanes of at least 4 members (excludes halogenated alkanes) is 14. The normalized spacial score (nSPS) is 13.4. The van der Waals surface area contributed by atoms with E-state index in [0.29, 0.717) is 0 Å². The SMILES string of the molecule is CCCCCCCCCCCCCCCCCC(Cl)[N+](C)(C)C. The molecule has 0 aliphatic carbocycles. The van der Waals surface area contributed by atoms with Gasteiger partial charge in [-0.25, -0.2) is 0 Å². The fourth-order valence-corrected chi connectivity index (χ4v) is 3.23. The molecule has 0 saturated heterocycles. The Balaban J connectivity index is 3.11. The topological polar surface area (TPSA) is 0 Å². The lowest BCUT2D eigenvalue weighted by atomic mass is 10.0. The van der Waals surface area contributed by atoms with Crippen molar-refractivity contribution < 1.29 is 4.48 Å². The Morgan fingerprint density at radius 3 is 1.17 bits per heavy atom. The number of halogens is 1. The molecule has 0 spiro atoms. The Morgan fingerprint density at radius 1 is 0.565 bits per heavy atom. The summed E-state index contributed by atoms with van der Waals surface area (Å²) in [6, 6.07) is 0. The van der Waals surface area contributed by atoms with Crippen LogP contribution in [0.15, 0.2) is 0 Å². The first-order valence-electron chi connectivity index (χ1n) is 10.4. The molecular weight excluding hydrogens is 302 g/mol. The van der Waals surface area contributed by atoms with Crippen molar-refractivity contribution in [1.82, 2.24) is 0 Å². The van der Waals surface area contributed by atoms with E-state index in [9.17, 15) is 0 Å². The third-order valence-corrected chi connectivity index (χ3v) is 5.69. The second-order valence-electron chi connectivity index (χ2n) is 8.29. The van der Waals surface area contributed by atoms with Gasteiger partial charge >= 0.3 is 0 Å². The Labute approximate surface area is 152 Å². The lowest BCUT2D eigenvalue weighted by molar-refractivity contribution is -0.882. The molecule has 0 saturated carbocycles. The first-order valence-corrected chi connectivity index (χ1v) is 10.9. The zero-order valence-electron chi connectivity index (χ0n) is 16.7. The minimum absolute atomic E-state index is 0.275. The Hall–Kier alpha value is 0.250. The molecule has 0 aromatic heterocycles. The molecular formula is C21H45ClN+. The standard InChI is InChI=1S/C21H45ClN/c1-5-6-7-8-9-10-11-12-13-14-15-16-17-18-19-20-21(22)23(2,3)4/h21H,5-20H2,1-4H3/q+1. The zero-order valence-corrected chi connectivity index (χ0v) is 17.5. The van der Waals surface area contributed by atoms with Gasteiger partial charge in [0, 0.05) is 6.42 Å². The summed E-state index contributed by atoms with van der Waals surface area (Å²) in [7, 11) is 6.55. The fourth-order valence-electron chi connectivity index (χ4n) is 3.07. The second-order valence-corrected chi connectivity index (χ2v) is 8.79. The lowest BCUT2D eigenvalue weighted by Crippen LogP contribution is -2.41. The molecule has 0 rings (SSSR count). The van der Waals surface area contributed by atoms with Crippen LogP contribution in [-0.4, -0.2) is 31.1 Å². The molecule has 0 aliphatic heterocycles. The van der Waals surface area contributed by atoms with Crippen LogP contribution in [0.2, 0.25) is 0 Å². The van der Waals surface area contributed by atoms with Crippen molar-refractivity contribution >= 4 is 11.6 Å². The van der Waals surface area contributed by atoms with E-state index in [1.165, 1.54) is 96.3 Å². The highest BCUT2D eigenvalue weighted by Gasteiger charge is 2.19. The molecule has 140 valence electrons. The number of nitrogens with zero attached hydrogens (tertiary/aromatic N) is 1. The first-order chi connectivity index (χ1) is 11.0. The molecule has 23 heavy (non-hydrogen) atoms. The first kappa shape index (κ1) is 23.2. The molecule has 0 aromatic rings. The van der Waals surface area contributed by atoms with E-state index in [-0.39, 0.29) is 5.50 Å². The smallest absolute Gasteiger partial charge is 0.164 e. The lowest BCUT2D eigenvalue weighted by Gasteiger charge is -2.29. The van der Waals surface area contributed by atoms with Crippen molar-refractivity contribution in [3.63, 3.8) is 0 Å². The van der Waals surface area contributed by atoms with Crippen LogP contribution in [-0.2, 0) is 0 Å². The van der Waals surface area contributed by atoms with E-state index in [4.69, 9.17) is 11.6 Å². The molecule has 2 heteroatoms. The molecule has 0 N–H and O–H groups in total. The maximum absolute atomic E-state index is 6.39. The van der Waals surface area contributed by atoms with E-state index in [1.54, 1.807) is 0 Å². The molecule has 1 nitrogen and oxygen atoms in total. The van der Waals surface area contributed by atoms with Crippen molar-refractivity contribution in [3.8, 4) is 0 Å². The van der Waals surface area contributed by atoms with Gasteiger partial charge in [0.1, 0.15) is 0 Å². The quantitative estimate of drug-likeness (QED) is 0.110. The van der Waals surface area contributed by atoms with Gasteiger partial charge in [-0.15, -0.1) is 0 Å². The van der Waals surface area contributed by atoms with Crippen LogP contribution in [0.3, 0.4) is 0 Å². The third-order valence-electron chi connectivity index (χ3n) is 4.89. The second kappa shape index (κ2) is 15.8. The highest BCUT2D eigenvalue weighted by Crippen LogP contribution is 2.17. The van der Waals surface area contributed by atoms with Crippen LogP contribution in [0, 0.1) is 0 Å². The number of quaternary nitrogens is 1. The van der Waals surface area contributed by atoms with Gasteiger partial charge in [-0.1, -0.05) is 108 Å². The van der Waals surface area contributed by atoms with Gasteiger partial charge in [-0.2, -0.15) is 0 Å². The Bertz CT molecular complexity index is 234. The molecule has 0 bridgehead atoms.